The van der Waals surface area contributed by atoms with E-state index in [2.05, 4.69) is 10.6 Å². The number of aryl methyl sites for hydroxylation is 1. The number of hydrogen-bond donors (Lipinski definition) is 2. The van der Waals surface area contributed by atoms with E-state index >= 15 is 0 Å². The highest BCUT2D eigenvalue weighted by atomic mass is 35.5. The van der Waals surface area contributed by atoms with E-state index in [9.17, 15) is 14.9 Å². The smallest absolute Gasteiger partial charge is 0.274 e. The summed E-state index contributed by atoms with van der Waals surface area (Å²) in [6.07, 6.45) is 0. The summed E-state index contributed by atoms with van der Waals surface area (Å²) in [5, 5.41) is 16.8. The number of anilines is 1. The molecule has 2 rings (SSSR count). The van der Waals surface area contributed by atoms with Crippen LogP contribution in [0.25, 0.3) is 0 Å². The van der Waals surface area contributed by atoms with Gasteiger partial charge in [0.15, 0.2) is 5.11 Å². The molecular formula is C15H11Cl2N3O3S. The third-order valence-electron chi connectivity index (χ3n) is 3.02. The number of carbonyl (C=O) groups excluding carboxylic acids is 1. The first kappa shape index (κ1) is 18.1. The van der Waals surface area contributed by atoms with Crippen molar-refractivity contribution in [1.29, 1.82) is 0 Å². The first-order valence-corrected chi connectivity index (χ1v) is 7.76. The number of halogens is 2. The molecular weight excluding hydrogens is 373 g/mol. The zero-order valence-electron chi connectivity index (χ0n) is 12.3. The Bertz CT molecular complexity index is 822. The van der Waals surface area contributed by atoms with Gasteiger partial charge in [-0.25, -0.2) is 0 Å². The Kier molecular flexibility index (Phi) is 5.71. The van der Waals surface area contributed by atoms with Crippen LogP contribution < -0.4 is 10.6 Å². The molecule has 0 radical (unpaired) electrons. The Labute approximate surface area is 152 Å². The maximum atomic E-state index is 12.1. The lowest BCUT2D eigenvalue weighted by Crippen LogP contribution is -2.34. The molecule has 0 aliphatic heterocycles. The van der Waals surface area contributed by atoms with Crippen LogP contribution >= 0.6 is 35.4 Å². The molecule has 124 valence electrons. The van der Waals surface area contributed by atoms with Crippen LogP contribution in [0.1, 0.15) is 15.9 Å². The molecule has 0 spiro atoms. The van der Waals surface area contributed by atoms with Gasteiger partial charge in [0.25, 0.3) is 11.6 Å². The molecule has 2 N–H and O–H groups in total. The monoisotopic (exact) mass is 383 g/mol. The minimum atomic E-state index is -0.501. The molecule has 9 heteroatoms. The third-order valence-corrected chi connectivity index (χ3v) is 3.66. The molecule has 0 aromatic heterocycles. The fraction of sp³-hybridized carbons (Fsp3) is 0.0667. The fourth-order valence-corrected chi connectivity index (χ4v) is 2.64. The van der Waals surface area contributed by atoms with Crippen molar-refractivity contribution >= 4 is 57.8 Å². The minimum Gasteiger partial charge on any atom is -0.332 e. The molecule has 0 heterocycles. The third kappa shape index (κ3) is 4.64. The van der Waals surface area contributed by atoms with Gasteiger partial charge in [-0.3, -0.25) is 20.2 Å². The maximum absolute atomic E-state index is 12.1. The van der Waals surface area contributed by atoms with Gasteiger partial charge in [-0.2, -0.15) is 0 Å². The second-order valence-electron chi connectivity index (χ2n) is 4.82. The topological polar surface area (TPSA) is 84.3 Å². The molecule has 0 saturated carbocycles. The Balaban J connectivity index is 2.09. The fourth-order valence-electron chi connectivity index (χ4n) is 1.91. The van der Waals surface area contributed by atoms with Gasteiger partial charge in [0.2, 0.25) is 0 Å². The largest absolute Gasteiger partial charge is 0.332 e. The molecule has 24 heavy (non-hydrogen) atoms. The molecule has 0 atom stereocenters. The Morgan fingerprint density at radius 1 is 1.17 bits per heavy atom. The van der Waals surface area contributed by atoms with Gasteiger partial charge < -0.3 is 5.32 Å². The van der Waals surface area contributed by atoms with Gasteiger partial charge in [-0.05, 0) is 43.4 Å². The van der Waals surface area contributed by atoms with Crippen LogP contribution in [0.5, 0.6) is 0 Å². The van der Waals surface area contributed by atoms with Crippen LogP contribution in [0.2, 0.25) is 10.0 Å². The van der Waals surface area contributed by atoms with E-state index in [-0.39, 0.29) is 16.4 Å². The van der Waals surface area contributed by atoms with Crippen LogP contribution in [0.4, 0.5) is 11.4 Å². The van der Waals surface area contributed by atoms with Gasteiger partial charge in [-0.15, -0.1) is 0 Å². The Morgan fingerprint density at radius 3 is 2.38 bits per heavy atom. The molecule has 0 saturated heterocycles. The normalized spacial score (nSPS) is 10.1. The van der Waals surface area contributed by atoms with Crippen LogP contribution in [0.3, 0.4) is 0 Å². The molecule has 0 unspecified atom stereocenters. The second kappa shape index (κ2) is 7.57. The zero-order chi connectivity index (χ0) is 17.9. The summed E-state index contributed by atoms with van der Waals surface area (Å²) >= 11 is 16.7. The molecule has 0 aliphatic rings. The van der Waals surface area contributed by atoms with Crippen LogP contribution in [0.15, 0.2) is 36.4 Å². The van der Waals surface area contributed by atoms with E-state index in [1.54, 1.807) is 19.1 Å². The van der Waals surface area contributed by atoms with Gasteiger partial charge in [-0.1, -0.05) is 29.3 Å². The van der Waals surface area contributed by atoms with Gasteiger partial charge >= 0.3 is 0 Å². The average Bonchev–Trinajstić information content (AvgIpc) is 2.47. The molecule has 2 aromatic rings. The molecule has 1 amide bonds. The SMILES string of the molecule is Cc1ccc(NC(=S)NC(=O)c2cc(Cl)cc(Cl)c2)cc1[N+](=O)[O-]. The van der Waals surface area contributed by atoms with E-state index in [1.165, 1.54) is 24.3 Å². The lowest BCUT2D eigenvalue weighted by atomic mass is 10.2. The highest BCUT2D eigenvalue weighted by molar-refractivity contribution is 7.80. The number of nitrogens with zero attached hydrogens (tertiary/aromatic N) is 1. The van der Waals surface area contributed by atoms with E-state index in [0.29, 0.717) is 21.3 Å². The number of thiocarbonyl (C=S) groups is 1. The maximum Gasteiger partial charge on any atom is 0.274 e. The van der Waals surface area contributed by atoms with E-state index < -0.39 is 10.8 Å². The molecule has 6 nitrogen and oxygen atoms in total. The summed E-state index contributed by atoms with van der Waals surface area (Å²) in [4.78, 5) is 22.6. The number of benzene rings is 2. The summed E-state index contributed by atoms with van der Waals surface area (Å²) in [5.41, 5.74) is 1.11. The van der Waals surface area contributed by atoms with Crippen molar-refractivity contribution in [2.24, 2.45) is 0 Å². The van der Waals surface area contributed by atoms with E-state index in [0.717, 1.165) is 0 Å². The van der Waals surface area contributed by atoms with Gasteiger partial charge in [0.1, 0.15) is 0 Å². The molecule has 2 aromatic carbocycles. The number of nitro groups is 1. The quantitative estimate of drug-likeness (QED) is 0.467. The van der Waals surface area contributed by atoms with E-state index in [4.69, 9.17) is 35.4 Å². The Hall–Kier alpha value is -2.22. The number of hydrogen-bond acceptors (Lipinski definition) is 4. The lowest BCUT2D eigenvalue weighted by Gasteiger charge is -2.10. The average molecular weight is 384 g/mol. The first-order chi connectivity index (χ1) is 11.3. The summed E-state index contributed by atoms with van der Waals surface area (Å²) in [5.74, 6) is -0.501. The molecule has 0 bridgehead atoms. The lowest BCUT2D eigenvalue weighted by molar-refractivity contribution is -0.385. The predicted molar refractivity (Wildman–Crippen MR) is 98.0 cm³/mol. The molecule has 0 aliphatic carbocycles. The summed E-state index contributed by atoms with van der Waals surface area (Å²) in [7, 11) is 0. The van der Waals surface area contributed by atoms with Crippen molar-refractivity contribution < 1.29 is 9.72 Å². The summed E-state index contributed by atoms with van der Waals surface area (Å²) in [6, 6.07) is 8.94. The van der Waals surface area contributed by atoms with Crippen LogP contribution in [-0.4, -0.2) is 15.9 Å². The van der Waals surface area contributed by atoms with Gasteiger partial charge in [0.05, 0.1) is 4.92 Å². The van der Waals surface area contributed by atoms with E-state index in [1.807, 2.05) is 0 Å². The number of amides is 1. The van der Waals surface area contributed by atoms with Crippen molar-refractivity contribution in [3.8, 4) is 0 Å². The standard InChI is InChI=1S/C15H11Cl2N3O3S/c1-8-2-3-12(7-13(8)20(22)23)18-15(24)19-14(21)9-4-10(16)6-11(17)5-9/h2-7H,1H3,(H2,18,19,21,24). The van der Waals surface area contributed by atoms with Crippen molar-refractivity contribution in [1.82, 2.24) is 5.32 Å². The van der Waals surface area contributed by atoms with Gasteiger partial charge in [0, 0.05) is 32.9 Å². The summed E-state index contributed by atoms with van der Waals surface area (Å²) < 4.78 is 0. The predicted octanol–water partition coefficient (Wildman–Crippen LogP) is 4.34. The number of nitro benzene ring substituents is 1. The summed E-state index contributed by atoms with van der Waals surface area (Å²) in [6.45, 7) is 1.63. The highest BCUT2D eigenvalue weighted by Gasteiger charge is 2.13. The van der Waals surface area contributed by atoms with Crippen LogP contribution in [-0.2, 0) is 0 Å². The second-order valence-corrected chi connectivity index (χ2v) is 6.11. The Morgan fingerprint density at radius 2 is 1.79 bits per heavy atom. The van der Waals surface area contributed by atoms with Crippen LogP contribution in [0, 0.1) is 17.0 Å². The molecule has 0 fully saturated rings. The highest BCUT2D eigenvalue weighted by Crippen LogP contribution is 2.22. The van der Waals surface area contributed by atoms with Crippen molar-refractivity contribution in [2.75, 3.05) is 5.32 Å². The van der Waals surface area contributed by atoms with Crippen molar-refractivity contribution in [2.45, 2.75) is 6.92 Å². The first-order valence-electron chi connectivity index (χ1n) is 6.60. The zero-order valence-corrected chi connectivity index (χ0v) is 14.6. The van der Waals surface area contributed by atoms with Crippen molar-refractivity contribution in [3.05, 3.63) is 67.7 Å². The minimum absolute atomic E-state index is 0.00533. The number of carbonyl (C=O) groups is 1. The van der Waals surface area contributed by atoms with Crippen molar-refractivity contribution in [3.63, 3.8) is 0 Å². The number of rotatable bonds is 3. The number of nitrogens with one attached hydrogen (secondary N) is 2.